The topological polar surface area (TPSA) is 98.1 Å². The van der Waals surface area contributed by atoms with Crippen molar-refractivity contribution in [3.63, 3.8) is 0 Å². The molecule has 0 spiro atoms. The van der Waals surface area contributed by atoms with E-state index in [1.54, 1.807) is 0 Å². The van der Waals surface area contributed by atoms with E-state index in [4.69, 9.17) is 15.2 Å². The average Bonchev–Trinajstić information content (AvgIpc) is 3.14. The molecule has 0 bridgehead atoms. The highest BCUT2D eigenvalue weighted by Gasteiger charge is 2.21. The number of hydrogen-bond donors (Lipinski definition) is 1. The Morgan fingerprint density at radius 3 is 2.36 bits per heavy atom. The van der Waals surface area contributed by atoms with E-state index in [1.807, 2.05) is 30.3 Å². The summed E-state index contributed by atoms with van der Waals surface area (Å²) in [7, 11) is 0. The van der Waals surface area contributed by atoms with Crippen LogP contribution in [0.4, 0.5) is 0 Å². The Kier molecular flexibility index (Phi) is 6.71. The lowest BCUT2D eigenvalue weighted by Gasteiger charge is -2.21. The monoisotopic (exact) mass is 381 g/mol. The van der Waals surface area contributed by atoms with Crippen molar-refractivity contribution in [2.24, 2.45) is 5.73 Å². The summed E-state index contributed by atoms with van der Waals surface area (Å²) in [5, 5.41) is 3.83. The first-order chi connectivity index (χ1) is 13.6. The van der Waals surface area contributed by atoms with Gasteiger partial charge in [-0.2, -0.15) is 0 Å². The number of benzene rings is 1. The average molecular weight is 381 g/mol. The molecule has 148 valence electrons. The summed E-state index contributed by atoms with van der Waals surface area (Å²) in [6.45, 7) is 6.96. The summed E-state index contributed by atoms with van der Waals surface area (Å²) in [5.74, 6) is -0.0134. The number of nitrogens with zero attached hydrogens (tertiary/aromatic N) is 4. The van der Waals surface area contributed by atoms with Gasteiger partial charge < -0.3 is 10.3 Å². The van der Waals surface area contributed by atoms with Crippen molar-refractivity contribution in [3.05, 3.63) is 41.9 Å². The summed E-state index contributed by atoms with van der Waals surface area (Å²) >= 11 is 0. The van der Waals surface area contributed by atoms with Crippen LogP contribution in [0.15, 0.2) is 34.9 Å². The van der Waals surface area contributed by atoms with Gasteiger partial charge in [0.05, 0.1) is 6.54 Å². The molecular weight excluding hydrogens is 354 g/mol. The molecule has 2 aromatic heterocycles. The molecule has 3 aromatic rings. The molecule has 0 radical (unpaired) electrons. The number of aromatic nitrogens is 3. The van der Waals surface area contributed by atoms with Crippen molar-refractivity contribution in [2.45, 2.75) is 46.1 Å². The van der Waals surface area contributed by atoms with E-state index in [2.05, 4.69) is 28.9 Å². The molecule has 2 N–H and O–H groups in total. The van der Waals surface area contributed by atoms with Crippen molar-refractivity contribution in [1.82, 2.24) is 20.0 Å². The van der Waals surface area contributed by atoms with Crippen LogP contribution >= 0.6 is 0 Å². The van der Waals surface area contributed by atoms with E-state index in [-0.39, 0.29) is 5.69 Å². The molecule has 7 nitrogen and oxygen atoms in total. The Balaban J connectivity index is 2.03. The number of nitrogens with two attached hydrogens (primary N) is 1. The van der Waals surface area contributed by atoms with Crippen molar-refractivity contribution in [2.75, 3.05) is 13.1 Å². The second-order valence-electron chi connectivity index (χ2n) is 6.91. The Hall–Kier alpha value is -2.80. The maximum atomic E-state index is 11.8. The normalized spacial score (nSPS) is 11.4. The molecule has 0 aliphatic carbocycles. The number of amides is 1. The number of carbonyl (C=O) groups is 1. The standard InChI is InChI=1S/C21H27N5O2/c1-3-5-12-26(13-6-4-2)14-16-23-17(15-10-8-7-9-11-15)20-18(24-16)19(21(22)27)25-28-20/h7-11H,3-6,12-14H2,1-2H3,(H2,22,27). The van der Waals surface area contributed by atoms with Gasteiger partial charge in [-0.3, -0.25) is 9.69 Å². The van der Waals surface area contributed by atoms with Gasteiger partial charge in [-0.05, 0) is 25.9 Å². The first-order valence-electron chi connectivity index (χ1n) is 9.87. The van der Waals surface area contributed by atoms with Gasteiger partial charge in [-0.25, -0.2) is 9.97 Å². The van der Waals surface area contributed by atoms with Crippen LogP contribution in [0.5, 0.6) is 0 Å². The van der Waals surface area contributed by atoms with Gasteiger partial charge in [0, 0.05) is 5.56 Å². The Bertz CT molecular complexity index is 915. The highest BCUT2D eigenvalue weighted by molar-refractivity contribution is 6.04. The minimum Gasteiger partial charge on any atom is -0.364 e. The van der Waals surface area contributed by atoms with Crippen LogP contribution in [0.3, 0.4) is 0 Å². The highest BCUT2D eigenvalue weighted by Crippen LogP contribution is 2.28. The van der Waals surface area contributed by atoms with Crippen LogP contribution in [0, 0.1) is 0 Å². The quantitative estimate of drug-likeness (QED) is 0.574. The van der Waals surface area contributed by atoms with E-state index in [1.165, 1.54) is 0 Å². The van der Waals surface area contributed by atoms with Crippen molar-refractivity contribution >= 4 is 17.0 Å². The molecule has 1 amide bonds. The van der Waals surface area contributed by atoms with Gasteiger partial charge in [0.1, 0.15) is 17.0 Å². The zero-order chi connectivity index (χ0) is 19.9. The van der Waals surface area contributed by atoms with Crippen LogP contribution < -0.4 is 5.73 Å². The van der Waals surface area contributed by atoms with Crippen LogP contribution in [-0.2, 0) is 6.54 Å². The molecule has 0 saturated carbocycles. The minimum absolute atomic E-state index is 0.0458. The van der Waals surface area contributed by atoms with E-state index >= 15 is 0 Å². The molecule has 28 heavy (non-hydrogen) atoms. The number of primary amides is 1. The zero-order valence-electron chi connectivity index (χ0n) is 16.5. The van der Waals surface area contributed by atoms with E-state index in [0.29, 0.717) is 29.2 Å². The third kappa shape index (κ3) is 4.54. The SMILES string of the molecule is CCCCN(CCCC)Cc1nc(-c2ccccc2)c2onc(C(N)=O)c2n1. The molecule has 1 aromatic carbocycles. The Labute approximate surface area is 164 Å². The Morgan fingerprint density at radius 2 is 1.75 bits per heavy atom. The fraction of sp³-hybridized carbons (Fsp3) is 0.429. The molecule has 0 atom stereocenters. The maximum absolute atomic E-state index is 11.8. The molecule has 0 aliphatic rings. The molecule has 0 saturated heterocycles. The fourth-order valence-corrected chi connectivity index (χ4v) is 3.14. The lowest BCUT2D eigenvalue weighted by Crippen LogP contribution is -2.26. The molecule has 0 aliphatic heterocycles. The molecule has 3 rings (SSSR count). The second-order valence-corrected chi connectivity index (χ2v) is 6.91. The summed E-state index contributed by atoms with van der Waals surface area (Å²) in [5.41, 5.74) is 7.79. The Morgan fingerprint density at radius 1 is 1.07 bits per heavy atom. The number of fused-ring (bicyclic) bond motifs is 1. The van der Waals surface area contributed by atoms with Crippen molar-refractivity contribution in [3.8, 4) is 11.3 Å². The van der Waals surface area contributed by atoms with Gasteiger partial charge >= 0.3 is 0 Å². The highest BCUT2D eigenvalue weighted by atomic mass is 16.5. The van der Waals surface area contributed by atoms with Gasteiger partial charge in [-0.15, -0.1) is 0 Å². The first kappa shape index (κ1) is 19.9. The number of hydrogen-bond acceptors (Lipinski definition) is 6. The van der Waals surface area contributed by atoms with Gasteiger partial charge in [0.2, 0.25) is 5.58 Å². The molecule has 7 heteroatoms. The van der Waals surface area contributed by atoms with Crippen LogP contribution in [0.1, 0.15) is 55.8 Å². The molecular formula is C21H27N5O2. The first-order valence-corrected chi connectivity index (χ1v) is 9.87. The van der Waals surface area contributed by atoms with E-state index < -0.39 is 5.91 Å². The molecule has 0 unspecified atom stereocenters. The minimum atomic E-state index is -0.656. The smallest absolute Gasteiger partial charge is 0.273 e. The summed E-state index contributed by atoms with van der Waals surface area (Å²) in [6, 6.07) is 9.70. The lowest BCUT2D eigenvalue weighted by molar-refractivity contribution is 0.0993. The summed E-state index contributed by atoms with van der Waals surface area (Å²) < 4.78 is 5.40. The number of rotatable bonds is 10. The predicted molar refractivity (Wildman–Crippen MR) is 109 cm³/mol. The molecule has 2 heterocycles. The summed E-state index contributed by atoms with van der Waals surface area (Å²) in [4.78, 5) is 23.5. The largest absolute Gasteiger partial charge is 0.364 e. The van der Waals surface area contributed by atoms with Gasteiger partial charge in [0.25, 0.3) is 5.91 Å². The van der Waals surface area contributed by atoms with Crippen molar-refractivity contribution in [1.29, 1.82) is 0 Å². The maximum Gasteiger partial charge on any atom is 0.273 e. The van der Waals surface area contributed by atoms with Crippen LogP contribution in [0.25, 0.3) is 22.4 Å². The predicted octanol–water partition coefficient (Wildman–Crippen LogP) is 3.79. The number of unbranched alkanes of at least 4 members (excludes halogenated alkanes) is 2. The fourth-order valence-electron chi connectivity index (χ4n) is 3.14. The zero-order valence-corrected chi connectivity index (χ0v) is 16.5. The molecule has 0 fully saturated rings. The second kappa shape index (κ2) is 9.41. The van der Waals surface area contributed by atoms with Crippen molar-refractivity contribution < 1.29 is 9.32 Å². The van der Waals surface area contributed by atoms with Gasteiger partial charge in [0.15, 0.2) is 5.69 Å². The van der Waals surface area contributed by atoms with Crippen LogP contribution in [-0.4, -0.2) is 39.0 Å². The lowest BCUT2D eigenvalue weighted by atomic mass is 10.1. The van der Waals surface area contributed by atoms with Gasteiger partial charge in [-0.1, -0.05) is 62.2 Å². The van der Waals surface area contributed by atoms with E-state index in [0.717, 1.165) is 44.3 Å². The van der Waals surface area contributed by atoms with E-state index in [9.17, 15) is 4.79 Å². The van der Waals surface area contributed by atoms with Crippen LogP contribution in [0.2, 0.25) is 0 Å². The summed E-state index contributed by atoms with van der Waals surface area (Å²) in [6.07, 6.45) is 4.51. The third-order valence-corrected chi connectivity index (χ3v) is 4.67. The number of carbonyl (C=O) groups excluding carboxylic acids is 1. The third-order valence-electron chi connectivity index (χ3n) is 4.67.